The molecule has 0 spiro atoms. The zero-order valence-corrected chi connectivity index (χ0v) is 16.2. The Kier molecular flexibility index (Phi) is 8.40. The van der Waals surface area contributed by atoms with Gasteiger partial charge in [-0.2, -0.15) is 4.57 Å². The Bertz CT molecular complexity index is 823. The van der Waals surface area contributed by atoms with Gasteiger partial charge in [0.2, 0.25) is 5.91 Å². The molecule has 1 amide bonds. The van der Waals surface area contributed by atoms with Gasteiger partial charge >= 0.3 is 20.2 Å². The van der Waals surface area contributed by atoms with Crippen molar-refractivity contribution in [1.82, 2.24) is 0 Å². The molecule has 15 heteroatoms. The number of esters is 2. The first-order valence-electron chi connectivity index (χ1n) is 8.38. The molecular weight excluding hydrogens is 429 g/mol. The maximum atomic E-state index is 12.2. The Labute approximate surface area is 169 Å². The van der Waals surface area contributed by atoms with Crippen molar-refractivity contribution in [3.8, 4) is 0 Å². The number of nitrogens with two attached hydrogens (primary N) is 2. The summed E-state index contributed by atoms with van der Waals surface area (Å²) in [5.74, 6) is -3.08. The summed E-state index contributed by atoms with van der Waals surface area (Å²) in [6.07, 6.45) is -3.15. The van der Waals surface area contributed by atoms with E-state index in [-0.39, 0.29) is 5.56 Å². The number of rotatable bonds is 9. The third kappa shape index (κ3) is 6.04. The predicted octanol–water partition coefficient (Wildman–Crippen LogP) is -2.36. The van der Waals surface area contributed by atoms with E-state index in [9.17, 15) is 29.2 Å². The monoisotopic (exact) mass is 449 g/mol. The molecule has 14 nitrogen and oxygen atoms in total. The van der Waals surface area contributed by atoms with Crippen LogP contribution in [0.3, 0.4) is 0 Å². The van der Waals surface area contributed by atoms with Gasteiger partial charge in [0.25, 0.3) is 6.23 Å². The number of aliphatic hydroxyl groups excluding tert-OH is 2. The predicted molar refractivity (Wildman–Crippen MR) is 92.0 cm³/mol. The van der Waals surface area contributed by atoms with Gasteiger partial charge in [0.1, 0.15) is 30.4 Å². The van der Waals surface area contributed by atoms with Crippen molar-refractivity contribution in [2.75, 3.05) is 6.61 Å². The molecule has 6 atom stereocenters. The van der Waals surface area contributed by atoms with Crippen molar-refractivity contribution in [2.24, 2.45) is 11.5 Å². The second-order valence-corrected chi connectivity index (χ2v) is 7.04. The quantitative estimate of drug-likeness (QED) is 0.0667. The fourth-order valence-corrected chi connectivity index (χ4v) is 2.88. The topological polar surface area (TPSA) is 222 Å². The molecular formula is C15H20N3O11P+2. The van der Waals surface area contributed by atoms with E-state index < -0.39 is 69.7 Å². The fraction of sp³-hybridized carbons (Fsp3) is 0.467. The number of aliphatic hydroxyl groups is 2. The second kappa shape index (κ2) is 10.6. The molecule has 1 unspecified atom stereocenters. The van der Waals surface area contributed by atoms with E-state index >= 15 is 0 Å². The molecule has 1 aromatic heterocycles. The van der Waals surface area contributed by atoms with E-state index in [2.05, 4.69) is 13.9 Å². The number of hydrogen-bond acceptors (Lipinski definition) is 12. The second-order valence-electron chi connectivity index (χ2n) is 6.17. The largest absolute Gasteiger partial charge is 0.728 e. The number of nitrogens with zero attached hydrogens (tertiary/aromatic N) is 1. The van der Waals surface area contributed by atoms with E-state index in [1.807, 2.05) is 0 Å². The van der Waals surface area contributed by atoms with Crippen LogP contribution in [0.2, 0.25) is 0 Å². The van der Waals surface area contributed by atoms with E-state index in [0.717, 1.165) is 0 Å². The fourth-order valence-electron chi connectivity index (χ4n) is 2.57. The minimum Gasteiger partial charge on any atom is -0.388 e. The third-order valence-corrected chi connectivity index (χ3v) is 4.51. The maximum absolute atomic E-state index is 12.2. The molecule has 0 bridgehead atoms. The molecule has 2 heterocycles. The van der Waals surface area contributed by atoms with Crippen molar-refractivity contribution >= 4 is 26.1 Å². The summed E-state index contributed by atoms with van der Waals surface area (Å²) < 4.78 is 30.3. The van der Waals surface area contributed by atoms with Crippen LogP contribution in [0.1, 0.15) is 23.0 Å². The van der Waals surface area contributed by atoms with Gasteiger partial charge in [0.15, 0.2) is 18.5 Å². The molecule has 1 fully saturated rings. The van der Waals surface area contributed by atoms with Gasteiger partial charge in [-0.1, -0.05) is 0 Å². The van der Waals surface area contributed by atoms with Gasteiger partial charge in [-0.25, -0.2) is 14.8 Å². The van der Waals surface area contributed by atoms with Crippen LogP contribution in [0.5, 0.6) is 0 Å². The maximum Gasteiger partial charge on any atom is 0.728 e. The van der Waals surface area contributed by atoms with Crippen LogP contribution in [0.4, 0.5) is 0 Å². The number of amides is 1. The number of hydrogen-bond donors (Lipinski definition) is 5. The molecule has 2 rings (SSSR count). The van der Waals surface area contributed by atoms with E-state index in [1.165, 1.54) is 29.1 Å². The van der Waals surface area contributed by atoms with Gasteiger partial charge in [0, 0.05) is 10.6 Å². The lowest BCUT2D eigenvalue weighted by Crippen LogP contribution is -2.46. The smallest absolute Gasteiger partial charge is 0.388 e. The molecule has 1 aromatic rings. The highest BCUT2D eigenvalue weighted by Crippen LogP contribution is 2.29. The third-order valence-electron chi connectivity index (χ3n) is 4.02. The number of pyridine rings is 1. The van der Waals surface area contributed by atoms with Gasteiger partial charge < -0.3 is 31.2 Å². The van der Waals surface area contributed by atoms with Crippen LogP contribution in [0.25, 0.3) is 0 Å². The zero-order valence-electron chi connectivity index (χ0n) is 15.3. The Hall–Kier alpha value is -2.42. The average molecular weight is 449 g/mol. The summed E-state index contributed by atoms with van der Waals surface area (Å²) in [5, 5.41) is 28.5. The summed E-state index contributed by atoms with van der Waals surface area (Å²) in [6.45, 7) is -0.473. The number of aromatic nitrogens is 1. The first-order valence-corrected chi connectivity index (χ1v) is 9.47. The molecule has 0 aliphatic carbocycles. The van der Waals surface area contributed by atoms with Crippen molar-refractivity contribution in [1.29, 1.82) is 0 Å². The lowest BCUT2D eigenvalue weighted by molar-refractivity contribution is -0.765. The van der Waals surface area contributed by atoms with Crippen LogP contribution in [0, 0.1) is 0 Å². The van der Waals surface area contributed by atoms with E-state index in [0.29, 0.717) is 0 Å². The van der Waals surface area contributed by atoms with Gasteiger partial charge in [-0.15, -0.1) is 4.52 Å². The van der Waals surface area contributed by atoms with Gasteiger partial charge in [-0.05, 0) is 6.07 Å². The number of carbonyl (C=O) groups is 3. The summed E-state index contributed by atoms with van der Waals surface area (Å²) in [5.41, 5.74) is 10.2. The van der Waals surface area contributed by atoms with Crippen LogP contribution in [-0.2, 0) is 32.8 Å². The molecule has 0 radical (unpaired) electrons. The number of primary amides is 1. The minimum atomic E-state index is -2.84. The molecule has 0 saturated carbocycles. The Morgan fingerprint density at radius 3 is 2.63 bits per heavy atom. The molecule has 164 valence electrons. The molecule has 1 aliphatic heterocycles. The Morgan fingerprint density at radius 1 is 1.30 bits per heavy atom. The Balaban J connectivity index is 2.07. The van der Waals surface area contributed by atoms with Crippen molar-refractivity contribution < 1.29 is 57.7 Å². The first-order chi connectivity index (χ1) is 14.1. The molecule has 1 saturated heterocycles. The van der Waals surface area contributed by atoms with Crippen LogP contribution >= 0.6 is 8.25 Å². The van der Waals surface area contributed by atoms with Gasteiger partial charge in [-0.3, -0.25) is 4.79 Å². The van der Waals surface area contributed by atoms with E-state index in [1.54, 1.807) is 0 Å². The van der Waals surface area contributed by atoms with Crippen molar-refractivity contribution in [3.05, 3.63) is 30.1 Å². The highest BCUT2D eigenvalue weighted by atomic mass is 31.1. The lowest BCUT2D eigenvalue weighted by Gasteiger charge is -2.11. The average Bonchev–Trinajstić information content (AvgIpc) is 2.99. The standard InChI is InChI=1S/C15H18N3O11P/c16-8(4-10(17)19)15(23)28-14(22)7-2-1-3-18(5-7)13-12(21)11(20)9(27-13)6-26-30(25)29-24/h1-3,5,8-9,11-13,20-21H,4,6,16H2,(H-2,17,19,24)/p+2/t8-,9+,11+,12+,13+/m0/s1. The molecule has 7 N–H and O–H groups in total. The van der Waals surface area contributed by atoms with Gasteiger partial charge in [0.05, 0.1) is 11.1 Å². The summed E-state index contributed by atoms with van der Waals surface area (Å²) in [6, 6.07) is 1.27. The van der Waals surface area contributed by atoms with Crippen molar-refractivity contribution in [2.45, 2.75) is 37.0 Å². The first kappa shape index (κ1) is 23.9. The minimum absolute atomic E-state index is 0.126. The number of ether oxygens (including phenoxy) is 2. The summed E-state index contributed by atoms with van der Waals surface area (Å²) in [4.78, 5) is 34.7. The zero-order chi connectivity index (χ0) is 22.4. The summed E-state index contributed by atoms with van der Waals surface area (Å²) in [7, 11) is -2.84. The molecule has 1 aliphatic rings. The summed E-state index contributed by atoms with van der Waals surface area (Å²) >= 11 is 0. The molecule has 0 aromatic carbocycles. The lowest BCUT2D eigenvalue weighted by atomic mass is 10.1. The highest BCUT2D eigenvalue weighted by Gasteiger charge is 2.49. The van der Waals surface area contributed by atoms with E-state index in [4.69, 9.17) is 21.5 Å². The normalized spacial score (nSPS) is 24.9. The highest BCUT2D eigenvalue weighted by molar-refractivity contribution is 7.33. The van der Waals surface area contributed by atoms with Crippen LogP contribution < -0.4 is 16.0 Å². The van der Waals surface area contributed by atoms with Crippen molar-refractivity contribution in [3.63, 3.8) is 0 Å². The number of carbonyl (C=O) groups excluding carboxylic acids is 3. The Morgan fingerprint density at radius 2 is 2.00 bits per heavy atom. The van der Waals surface area contributed by atoms with Crippen LogP contribution in [-0.4, -0.2) is 64.3 Å². The van der Waals surface area contributed by atoms with Crippen LogP contribution in [0.15, 0.2) is 24.5 Å². The molecule has 30 heavy (non-hydrogen) atoms. The SMILES string of the molecule is NC(=O)C[C@H](N)C(=O)OC(=O)c1ccc[n+]([C@@H]2O[C@H](CO[P+](=O)OO)[C@@H](O)[C@H]2O)c1.